The average molecular weight is 365 g/mol. The van der Waals surface area contributed by atoms with Gasteiger partial charge in [-0.15, -0.1) is 0 Å². The summed E-state index contributed by atoms with van der Waals surface area (Å²) in [5, 5.41) is 14.7. The van der Waals surface area contributed by atoms with E-state index in [1.54, 1.807) is 6.07 Å². The predicted molar refractivity (Wildman–Crippen MR) is 96.4 cm³/mol. The number of nitro groups is 1. The zero-order chi connectivity index (χ0) is 19.3. The number of hydrogen-bond acceptors (Lipinski definition) is 6. The van der Waals surface area contributed by atoms with Crippen LogP contribution in [0, 0.1) is 29.9 Å². The average Bonchev–Trinajstić information content (AvgIpc) is 3.17. The molecule has 136 valence electrons. The highest BCUT2D eigenvalue weighted by Crippen LogP contribution is 2.36. The number of hydrogen-bond donors (Lipinski definition) is 0. The Hall–Kier alpha value is -3.55. The van der Waals surface area contributed by atoms with Crippen molar-refractivity contribution >= 4 is 28.9 Å². The molecular weight excluding hydrogens is 350 g/mol. The van der Waals surface area contributed by atoms with E-state index in [2.05, 4.69) is 5.16 Å². The van der Waals surface area contributed by atoms with Gasteiger partial charge >= 0.3 is 0 Å². The van der Waals surface area contributed by atoms with Crippen LogP contribution in [0.5, 0.6) is 0 Å². The standard InChI is InChI=1S/C19H15N3O5/c1-10-3-8-14(11(2)9-10)21-18(23)15-16(20-27-17(15)19(21)24)12-4-6-13(7-5-12)22(25)26/h3-9,15,17H,1-2H3. The van der Waals surface area contributed by atoms with E-state index in [1.807, 2.05) is 26.0 Å². The molecule has 2 aromatic rings. The van der Waals surface area contributed by atoms with E-state index in [9.17, 15) is 19.7 Å². The Bertz CT molecular complexity index is 1010. The van der Waals surface area contributed by atoms with Gasteiger partial charge in [0.2, 0.25) is 12.0 Å². The number of imide groups is 1. The number of aryl methyl sites for hydroxylation is 2. The third kappa shape index (κ3) is 2.57. The Kier molecular flexibility index (Phi) is 3.76. The van der Waals surface area contributed by atoms with Crippen molar-refractivity contribution in [3.8, 4) is 0 Å². The minimum atomic E-state index is -1.01. The molecule has 2 aromatic carbocycles. The lowest BCUT2D eigenvalue weighted by Gasteiger charge is -2.18. The van der Waals surface area contributed by atoms with Crippen LogP contribution in [0.4, 0.5) is 11.4 Å². The van der Waals surface area contributed by atoms with Crippen molar-refractivity contribution in [2.24, 2.45) is 11.1 Å². The maximum atomic E-state index is 13.0. The Balaban J connectivity index is 1.68. The van der Waals surface area contributed by atoms with Crippen molar-refractivity contribution < 1.29 is 19.3 Å². The van der Waals surface area contributed by atoms with Crippen molar-refractivity contribution in [1.29, 1.82) is 0 Å². The molecule has 0 aliphatic carbocycles. The Labute approximate surface area is 154 Å². The number of nitrogens with zero attached hydrogens (tertiary/aromatic N) is 3. The summed E-state index contributed by atoms with van der Waals surface area (Å²) in [6.07, 6.45) is -1.01. The molecule has 1 fully saturated rings. The van der Waals surface area contributed by atoms with E-state index in [0.717, 1.165) is 16.0 Å². The molecule has 2 atom stereocenters. The van der Waals surface area contributed by atoms with Gasteiger partial charge in [-0.05, 0) is 37.6 Å². The first-order valence-electron chi connectivity index (χ1n) is 8.32. The zero-order valence-corrected chi connectivity index (χ0v) is 14.6. The third-order valence-electron chi connectivity index (χ3n) is 4.78. The highest BCUT2D eigenvalue weighted by molar-refractivity contribution is 6.32. The molecule has 0 aromatic heterocycles. The molecule has 2 aliphatic heterocycles. The Morgan fingerprint density at radius 2 is 1.78 bits per heavy atom. The molecule has 0 saturated carbocycles. The Morgan fingerprint density at radius 1 is 1.07 bits per heavy atom. The van der Waals surface area contributed by atoms with Crippen LogP contribution < -0.4 is 4.90 Å². The first-order chi connectivity index (χ1) is 12.9. The summed E-state index contributed by atoms with van der Waals surface area (Å²) in [6.45, 7) is 3.77. The molecular formula is C19H15N3O5. The summed E-state index contributed by atoms with van der Waals surface area (Å²) in [5.74, 6) is -1.73. The maximum absolute atomic E-state index is 13.0. The van der Waals surface area contributed by atoms with Crippen LogP contribution in [0.3, 0.4) is 0 Å². The molecule has 8 nitrogen and oxygen atoms in total. The van der Waals surface area contributed by atoms with Crippen molar-refractivity contribution in [2.45, 2.75) is 20.0 Å². The lowest BCUT2D eigenvalue weighted by molar-refractivity contribution is -0.384. The minimum Gasteiger partial charge on any atom is -0.381 e. The molecule has 0 N–H and O–H groups in total. The van der Waals surface area contributed by atoms with Crippen LogP contribution in [0.2, 0.25) is 0 Å². The number of carbonyl (C=O) groups is 2. The largest absolute Gasteiger partial charge is 0.381 e. The van der Waals surface area contributed by atoms with Gasteiger partial charge in [-0.25, -0.2) is 4.90 Å². The molecule has 0 radical (unpaired) electrons. The molecule has 1 saturated heterocycles. The number of carbonyl (C=O) groups excluding carboxylic acids is 2. The molecule has 2 unspecified atom stereocenters. The van der Waals surface area contributed by atoms with E-state index < -0.39 is 28.8 Å². The van der Waals surface area contributed by atoms with E-state index in [-0.39, 0.29) is 5.69 Å². The summed E-state index contributed by atoms with van der Waals surface area (Å²) >= 11 is 0. The van der Waals surface area contributed by atoms with Gasteiger partial charge in [0.05, 0.1) is 10.6 Å². The number of rotatable bonds is 3. The van der Waals surface area contributed by atoms with Gasteiger partial charge in [0.25, 0.3) is 11.6 Å². The minimum absolute atomic E-state index is 0.0689. The molecule has 2 heterocycles. The number of non-ortho nitro benzene ring substituents is 1. The normalized spacial score (nSPS) is 21.1. The maximum Gasteiger partial charge on any atom is 0.278 e. The van der Waals surface area contributed by atoms with Crippen molar-refractivity contribution in [3.05, 3.63) is 69.3 Å². The van der Waals surface area contributed by atoms with Crippen LogP contribution in [0.1, 0.15) is 16.7 Å². The molecule has 4 rings (SSSR count). The summed E-state index contributed by atoms with van der Waals surface area (Å²) in [7, 11) is 0. The molecule has 27 heavy (non-hydrogen) atoms. The number of amides is 2. The molecule has 2 aliphatic rings. The van der Waals surface area contributed by atoms with Crippen LogP contribution >= 0.6 is 0 Å². The summed E-state index contributed by atoms with van der Waals surface area (Å²) in [4.78, 5) is 42.5. The van der Waals surface area contributed by atoms with Gasteiger partial charge in [0.15, 0.2) is 0 Å². The molecule has 0 spiro atoms. The van der Waals surface area contributed by atoms with Crippen LogP contribution in [0.25, 0.3) is 0 Å². The quantitative estimate of drug-likeness (QED) is 0.472. The first-order valence-corrected chi connectivity index (χ1v) is 8.32. The van der Waals surface area contributed by atoms with Crippen molar-refractivity contribution in [3.63, 3.8) is 0 Å². The van der Waals surface area contributed by atoms with Gasteiger partial charge < -0.3 is 4.84 Å². The van der Waals surface area contributed by atoms with Crippen molar-refractivity contribution in [2.75, 3.05) is 4.90 Å². The fourth-order valence-corrected chi connectivity index (χ4v) is 3.46. The number of oxime groups is 1. The van der Waals surface area contributed by atoms with Gasteiger partial charge in [-0.2, -0.15) is 0 Å². The SMILES string of the molecule is Cc1ccc(N2C(=O)C3ON=C(c4ccc([N+](=O)[O-])cc4)C3C2=O)c(C)c1. The highest BCUT2D eigenvalue weighted by atomic mass is 16.7. The second-order valence-corrected chi connectivity index (χ2v) is 6.59. The van der Waals surface area contributed by atoms with Gasteiger partial charge in [0, 0.05) is 17.7 Å². The van der Waals surface area contributed by atoms with Crippen LogP contribution in [0.15, 0.2) is 47.6 Å². The topological polar surface area (TPSA) is 102 Å². The second-order valence-electron chi connectivity index (χ2n) is 6.59. The van der Waals surface area contributed by atoms with E-state index in [1.165, 1.54) is 24.3 Å². The summed E-state index contributed by atoms with van der Waals surface area (Å²) < 4.78 is 0. The number of anilines is 1. The van der Waals surface area contributed by atoms with Crippen molar-refractivity contribution in [1.82, 2.24) is 0 Å². The van der Waals surface area contributed by atoms with Crippen LogP contribution in [-0.2, 0) is 14.4 Å². The first kappa shape index (κ1) is 16.9. The highest BCUT2D eigenvalue weighted by Gasteiger charge is 2.56. The number of fused-ring (bicyclic) bond motifs is 1. The smallest absolute Gasteiger partial charge is 0.278 e. The van der Waals surface area contributed by atoms with Gasteiger partial charge in [0.1, 0.15) is 11.6 Å². The zero-order valence-electron chi connectivity index (χ0n) is 14.6. The van der Waals surface area contributed by atoms with Gasteiger partial charge in [-0.3, -0.25) is 19.7 Å². The van der Waals surface area contributed by atoms with E-state index >= 15 is 0 Å². The molecule has 8 heteroatoms. The lowest BCUT2D eigenvalue weighted by Crippen LogP contribution is -2.33. The fourth-order valence-electron chi connectivity index (χ4n) is 3.46. The molecule has 2 amide bonds. The second kappa shape index (κ2) is 6.01. The number of benzene rings is 2. The monoisotopic (exact) mass is 365 g/mol. The van der Waals surface area contributed by atoms with Gasteiger partial charge in [-0.1, -0.05) is 22.9 Å². The molecule has 0 bridgehead atoms. The summed E-state index contributed by atoms with van der Waals surface area (Å²) in [5.41, 5.74) is 3.11. The predicted octanol–water partition coefficient (Wildman–Crippen LogP) is 2.50. The number of nitro benzene ring substituents is 1. The lowest BCUT2D eigenvalue weighted by atomic mass is 9.94. The third-order valence-corrected chi connectivity index (χ3v) is 4.78. The van der Waals surface area contributed by atoms with Crippen LogP contribution in [-0.4, -0.2) is 28.6 Å². The van der Waals surface area contributed by atoms with E-state index in [0.29, 0.717) is 17.0 Å². The van der Waals surface area contributed by atoms with E-state index in [4.69, 9.17) is 4.84 Å². The fraction of sp³-hybridized carbons (Fsp3) is 0.211. The Morgan fingerprint density at radius 3 is 2.41 bits per heavy atom. The summed E-state index contributed by atoms with van der Waals surface area (Å²) in [6, 6.07) is 11.1.